The van der Waals surface area contributed by atoms with Crippen LogP contribution in [0.15, 0.2) is 24.3 Å². The minimum Gasteiger partial charge on any atom is -0.369 e. The Kier molecular flexibility index (Phi) is 3.30. The number of non-ortho nitro benzene ring substituents is 1. The van der Waals surface area contributed by atoms with Crippen molar-refractivity contribution in [3.63, 3.8) is 0 Å². The lowest BCUT2D eigenvalue weighted by molar-refractivity contribution is -0.384. The summed E-state index contributed by atoms with van der Waals surface area (Å²) in [4.78, 5) is 20.3. The van der Waals surface area contributed by atoms with Crippen LogP contribution in [0.2, 0.25) is 0 Å². The molecule has 5 heteroatoms. The monoisotopic (exact) mass is 195 g/mol. The molecule has 1 atom stereocenters. The van der Waals surface area contributed by atoms with Crippen LogP contribution in [0, 0.1) is 10.1 Å². The van der Waals surface area contributed by atoms with E-state index >= 15 is 0 Å². The molecule has 0 N–H and O–H groups in total. The van der Waals surface area contributed by atoms with Gasteiger partial charge in [0.25, 0.3) is 5.69 Å². The molecule has 0 aromatic heterocycles. The third kappa shape index (κ3) is 2.14. The van der Waals surface area contributed by atoms with Crippen LogP contribution >= 0.6 is 0 Å². The van der Waals surface area contributed by atoms with E-state index in [9.17, 15) is 14.9 Å². The third-order valence-corrected chi connectivity index (χ3v) is 1.81. The van der Waals surface area contributed by atoms with Gasteiger partial charge in [-0.3, -0.25) is 10.1 Å². The zero-order chi connectivity index (χ0) is 10.6. The molecule has 0 bridgehead atoms. The Labute approximate surface area is 80.5 Å². The number of hydrogen-bond acceptors (Lipinski definition) is 4. The Morgan fingerprint density at radius 2 is 2.00 bits per heavy atom. The first-order chi connectivity index (χ1) is 6.69. The van der Waals surface area contributed by atoms with Crippen LogP contribution < -0.4 is 0 Å². The second-order valence-electron chi connectivity index (χ2n) is 2.64. The molecule has 74 valence electrons. The van der Waals surface area contributed by atoms with Crippen molar-refractivity contribution >= 4 is 12.0 Å². The quantitative estimate of drug-likeness (QED) is 0.414. The number of hydrogen-bond donors (Lipinski definition) is 0. The fourth-order valence-corrected chi connectivity index (χ4v) is 1.06. The largest absolute Gasteiger partial charge is 0.369 e. The summed E-state index contributed by atoms with van der Waals surface area (Å²) in [5.74, 6) is 0. The summed E-state index contributed by atoms with van der Waals surface area (Å²) in [6.45, 7) is 0. The van der Waals surface area contributed by atoms with Gasteiger partial charge in [-0.2, -0.15) is 0 Å². The molecule has 0 amide bonds. The highest BCUT2D eigenvalue weighted by Crippen LogP contribution is 2.18. The van der Waals surface area contributed by atoms with E-state index in [4.69, 9.17) is 4.74 Å². The summed E-state index contributed by atoms with van der Waals surface area (Å²) >= 11 is 0. The van der Waals surface area contributed by atoms with E-state index in [-0.39, 0.29) is 5.69 Å². The van der Waals surface area contributed by atoms with Gasteiger partial charge in [0.1, 0.15) is 6.10 Å². The number of nitrogens with zero attached hydrogens (tertiary/aromatic N) is 1. The normalized spacial score (nSPS) is 12.1. The average Bonchev–Trinajstić information content (AvgIpc) is 2.20. The van der Waals surface area contributed by atoms with Crippen molar-refractivity contribution in [3.05, 3.63) is 39.9 Å². The molecule has 0 spiro atoms. The van der Waals surface area contributed by atoms with Crippen molar-refractivity contribution in [2.45, 2.75) is 6.10 Å². The predicted octanol–water partition coefficient (Wildman–Crippen LogP) is 1.48. The molecule has 0 saturated carbocycles. The second-order valence-corrected chi connectivity index (χ2v) is 2.64. The molecule has 1 aromatic rings. The maximum absolute atomic E-state index is 10.5. The number of ether oxygens (including phenoxy) is 1. The van der Waals surface area contributed by atoms with E-state index < -0.39 is 11.0 Å². The van der Waals surface area contributed by atoms with Crippen LogP contribution in [-0.2, 0) is 9.53 Å². The summed E-state index contributed by atoms with van der Waals surface area (Å²) in [7, 11) is 1.40. The number of carbonyl (C=O) groups excluding carboxylic acids is 1. The van der Waals surface area contributed by atoms with Crippen LogP contribution in [0.3, 0.4) is 0 Å². The maximum atomic E-state index is 10.5. The van der Waals surface area contributed by atoms with Gasteiger partial charge in [0, 0.05) is 19.2 Å². The number of nitro benzene ring substituents is 1. The Hall–Kier alpha value is -1.75. The van der Waals surface area contributed by atoms with Gasteiger partial charge in [0.15, 0.2) is 6.29 Å². The van der Waals surface area contributed by atoms with Gasteiger partial charge in [-0.15, -0.1) is 0 Å². The van der Waals surface area contributed by atoms with Gasteiger partial charge in [-0.1, -0.05) is 0 Å². The van der Waals surface area contributed by atoms with Crippen molar-refractivity contribution in [1.82, 2.24) is 0 Å². The minimum absolute atomic E-state index is 0.00509. The molecule has 0 aliphatic rings. The molecular weight excluding hydrogens is 186 g/mol. The summed E-state index contributed by atoms with van der Waals surface area (Å²) in [5, 5.41) is 10.3. The van der Waals surface area contributed by atoms with E-state index in [2.05, 4.69) is 0 Å². The molecule has 0 heterocycles. The SMILES string of the molecule is COC(C=O)c1ccc([N+](=O)[O-])cc1. The van der Waals surface area contributed by atoms with E-state index in [0.29, 0.717) is 11.8 Å². The van der Waals surface area contributed by atoms with Gasteiger partial charge < -0.3 is 9.53 Å². The lowest BCUT2D eigenvalue weighted by Crippen LogP contribution is -2.02. The maximum Gasteiger partial charge on any atom is 0.269 e. The number of nitro groups is 1. The summed E-state index contributed by atoms with van der Waals surface area (Å²) in [5.41, 5.74) is 0.600. The van der Waals surface area contributed by atoms with E-state index in [0.717, 1.165) is 0 Å². The zero-order valence-corrected chi connectivity index (χ0v) is 7.54. The Bertz CT molecular complexity index is 333. The molecular formula is C9H9NO4. The third-order valence-electron chi connectivity index (χ3n) is 1.81. The number of methoxy groups -OCH3 is 1. The van der Waals surface area contributed by atoms with Crippen LogP contribution in [-0.4, -0.2) is 18.3 Å². The molecule has 1 unspecified atom stereocenters. The Morgan fingerprint density at radius 3 is 2.36 bits per heavy atom. The predicted molar refractivity (Wildman–Crippen MR) is 48.9 cm³/mol. The lowest BCUT2D eigenvalue weighted by Gasteiger charge is -2.07. The molecule has 1 aromatic carbocycles. The first-order valence-electron chi connectivity index (χ1n) is 3.91. The molecule has 1 rings (SSSR count). The van der Waals surface area contributed by atoms with Crippen molar-refractivity contribution in [2.75, 3.05) is 7.11 Å². The highest BCUT2D eigenvalue weighted by atomic mass is 16.6. The van der Waals surface area contributed by atoms with Crippen LogP contribution in [0.5, 0.6) is 0 Å². The second kappa shape index (κ2) is 4.48. The Morgan fingerprint density at radius 1 is 1.43 bits per heavy atom. The van der Waals surface area contributed by atoms with Gasteiger partial charge in [-0.05, 0) is 17.7 Å². The highest BCUT2D eigenvalue weighted by molar-refractivity contribution is 5.60. The number of benzene rings is 1. The van der Waals surface area contributed by atoms with Crippen molar-refractivity contribution in [1.29, 1.82) is 0 Å². The molecule has 0 saturated heterocycles. The van der Waals surface area contributed by atoms with Crippen LogP contribution in [0.4, 0.5) is 5.69 Å². The average molecular weight is 195 g/mol. The summed E-state index contributed by atoms with van der Waals surface area (Å²) in [6, 6.07) is 5.68. The van der Waals surface area contributed by atoms with E-state index in [1.54, 1.807) is 0 Å². The Balaban J connectivity index is 2.92. The van der Waals surface area contributed by atoms with Gasteiger partial charge >= 0.3 is 0 Å². The van der Waals surface area contributed by atoms with Crippen LogP contribution in [0.25, 0.3) is 0 Å². The van der Waals surface area contributed by atoms with E-state index in [1.165, 1.54) is 31.4 Å². The molecule has 14 heavy (non-hydrogen) atoms. The molecule has 0 fully saturated rings. The summed E-state index contributed by atoms with van der Waals surface area (Å²) < 4.78 is 4.85. The summed E-state index contributed by atoms with van der Waals surface area (Å²) in [6.07, 6.45) is -0.0166. The van der Waals surface area contributed by atoms with Crippen molar-refractivity contribution in [3.8, 4) is 0 Å². The molecule has 0 radical (unpaired) electrons. The minimum atomic E-state index is -0.657. The topological polar surface area (TPSA) is 69.4 Å². The van der Waals surface area contributed by atoms with E-state index in [1.807, 2.05) is 0 Å². The fourth-order valence-electron chi connectivity index (χ4n) is 1.06. The number of aldehydes is 1. The molecule has 0 aliphatic heterocycles. The van der Waals surface area contributed by atoms with Crippen LogP contribution in [0.1, 0.15) is 11.7 Å². The first kappa shape index (κ1) is 10.3. The fraction of sp³-hybridized carbons (Fsp3) is 0.222. The van der Waals surface area contributed by atoms with Gasteiger partial charge in [0.05, 0.1) is 4.92 Å². The zero-order valence-electron chi connectivity index (χ0n) is 7.54. The van der Waals surface area contributed by atoms with Crippen molar-refractivity contribution in [2.24, 2.45) is 0 Å². The number of rotatable bonds is 4. The van der Waals surface area contributed by atoms with Crippen molar-refractivity contribution < 1.29 is 14.5 Å². The number of carbonyl (C=O) groups is 1. The standard InChI is InChI=1S/C9H9NO4/c1-14-9(6-11)7-2-4-8(5-3-7)10(12)13/h2-6,9H,1H3. The van der Waals surface area contributed by atoms with Gasteiger partial charge in [-0.25, -0.2) is 0 Å². The highest BCUT2D eigenvalue weighted by Gasteiger charge is 2.10. The lowest BCUT2D eigenvalue weighted by atomic mass is 10.1. The molecule has 5 nitrogen and oxygen atoms in total. The molecule has 0 aliphatic carbocycles. The smallest absolute Gasteiger partial charge is 0.269 e. The first-order valence-corrected chi connectivity index (χ1v) is 3.91. The van der Waals surface area contributed by atoms with Gasteiger partial charge in [0.2, 0.25) is 0 Å².